The van der Waals surface area contributed by atoms with E-state index in [1.54, 1.807) is 147 Å². The number of Topliss-reactive ketones (excluding diaryl/α,β-unsaturated/α-hetero) is 2. The number of aryl methyl sites for hydroxylation is 1. The zero-order valence-corrected chi connectivity index (χ0v) is 74.9. The van der Waals surface area contributed by atoms with Gasteiger partial charge in [-0.1, -0.05) is 72.8 Å². The largest absolute Gasteiger partial charge is 0.478 e. The van der Waals surface area contributed by atoms with Crippen molar-refractivity contribution in [3.05, 3.63) is 342 Å². The minimum Gasteiger partial charge on any atom is -0.478 e. The molecule has 0 saturated heterocycles. The first-order valence-corrected chi connectivity index (χ1v) is 44.7. The third kappa shape index (κ3) is 20.8. The number of carboxylic acids is 3. The van der Waals surface area contributed by atoms with Crippen LogP contribution in [0.5, 0.6) is 0 Å². The number of alkyl halides is 2. The molecule has 688 valence electrons. The van der Waals surface area contributed by atoms with Gasteiger partial charge in [-0.3, -0.25) is 29.5 Å². The van der Waals surface area contributed by atoms with Crippen molar-refractivity contribution in [3.63, 3.8) is 0 Å². The molecule has 139 heavy (non-hydrogen) atoms. The number of fused-ring (bicyclic) bond motifs is 15. The van der Waals surface area contributed by atoms with Gasteiger partial charge in [0.05, 0.1) is 56.2 Å². The van der Waals surface area contributed by atoms with Crippen LogP contribution in [0.25, 0.3) is 109 Å². The molecule has 0 atom stereocenters. The third-order valence-electron chi connectivity index (χ3n) is 24.0. The fraction of sp³-hybridized carbons (Fsp3) is 0.148. The summed E-state index contributed by atoms with van der Waals surface area (Å²) in [5.41, 5.74) is 11.2. The van der Waals surface area contributed by atoms with Crippen molar-refractivity contribution in [2.75, 3.05) is 26.6 Å². The number of carbonyl (C=O) groups is 5. The molecular formula is C108H83F5N18O8. The molecule has 31 heteroatoms. The standard InChI is InChI=1S/C23H18F2N4O.C23H19FN4O.C21H15F2N3O2.C21H16N4O2.C20H15N3O2/c1-12(30)14-4-5-18-19-11-26-21(6-13-2-3-13)29-22(19)23(28-20(18)7-14)27-17-9-15(24)8-16(25)10-17;1-13(29)15-7-8-18-19-12-25-21(9-14-5-6-14)28-22(19)23(27-20(18)10-15)26-17-4-2-3-16(24)11-17;1-21(22,23)13-3-2-4-14(10-13)25-19-16-7-8-24-11-17(16)15-6-5-12(20(27)28)9-18(15)26-19;26-21(27)13-3-4-16-18-11-22-6-5-17(18)20(25-19(16)8-13)24-15-7-14(9-23-10-15)12-1-2-12;1-12-3-2-4-14(9-12)22-19-16-7-8-21-11-17(16)15-6-5-13(20(24)25)10-18(15)23-19/h4-5,7-11,13H,2-3,6H2,1H3,(H,27,28);2-4,7-8,10-12,14H,5-6,9H2,1H3,(H,26,27);2-11H,1H3,(H,25,26)(H,27,28);3-12H,1-2H2,(H,24,25)(H,26,27);2-11H,1H3,(H,22,23)(H,24,25). The first kappa shape index (κ1) is 90.6. The van der Waals surface area contributed by atoms with Crippen molar-refractivity contribution in [1.29, 1.82) is 0 Å². The van der Waals surface area contributed by atoms with Crippen LogP contribution in [0.1, 0.15) is 145 Å². The molecule has 3 fully saturated rings. The maximum Gasteiger partial charge on any atom is 0.335 e. The lowest BCUT2D eigenvalue weighted by molar-refractivity contribution is 0.0174. The van der Waals surface area contributed by atoms with Crippen LogP contribution in [0.2, 0.25) is 0 Å². The second kappa shape index (κ2) is 38.5. The molecule has 9 aromatic carbocycles. The van der Waals surface area contributed by atoms with Gasteiger partial charge < -0.3 is 41.9 Å². The van der Waals surface area contributed by atoms with Crippen LogP contribution >= 0.6 is 0 Å². The minimum atomic E-state index is -2.96. The van der Waals surface area contributed by atoms with Gasteiger partial charge in [0.2, 0.25) is 0 Å². The smallest absolute Gasteiger partial charge is 0.335 e. The fourth-order valence-corrected chi connectivity index (χ4v) is 16.5. The SMILES string of the molecule is CC(=O)c1ccc2c(c1)nc(Nc1cc(F)cc(F)c1)c1nc(CC3CC3)ncc12.CC(=O)c1ccc2c(c1)nc(Nc1cccc(F)c1)c1nc(CC3CC3)ncc12.CC(F)(F)c1cccc(Nc2nc3cc(C(=O)O)ccc3c3cnccc23)c1.Cc1cccc(Nc2nc3cc(C(=O)O)ccc3c3cnccc23)c1.O=C(O)c1ccc2c(c1)nc(Nc1cncc(C3CC3)c1)c1ccncc12. The molecule has 0 spiro atoms. The molecule has 26 nitrogen and oxygen atoms in total. The third-order valence-corrected chi connectivity index (χ3v) is 24.0. The average Bonchev–Trinajstić information content (AvgIpc) is 1.51. The Hall–Kier alpha value is -17.5. The summed E-state index contributed by atoms with van der Waals surface area (Å²) in [4.78, 5) is 116. The lowest BCUT2D eigenvalue weighted by Gasteiger charge is -2.14. The number of aromatic carboxylic acids is 3. The number of carboxylic acid groups (broad SMARTS) is 3. The van der Waals surface area contributed by atoms with Gasteiger partial charge in [0, 0.05) is 191 Å². The molecular weight excluding hydrogens is 1770 g/mol. The lowest BCUT2D eigenvalue weighted by atomic mass is 10.1. The number of anilines is 10. The van der Waals surface area contributed by atoms with E-state index in [0.717, 1.165) is 124 Å². The van der Waals surface area contributed by atoms with Crippen LogP contribution in [-0.4, -0.2) is 110 Å². The number of ketones is 2. The van der Waals surface area contributed by atoms with Gasteiger partial charge in [0.25, 0.3) is 5.92 Å². The molecule has 11 aromatic heterocycles. The zero-order chi connectivity index (χ0) is 96.4. The highest BCUT2D eigenvalue weighted by Gasteiger charge is 2.29. The monoisotopic (exact) mass is 1850 g/mol. The second-order valence-electron chi connectivity index (χ2n) is 34.6. The van der Waals surface area contributed by atoms with Crippen LogP contribution in [0, 0.1) is 36.2 Å². The van der Waals surface area contributed by atoms with Gasteiger partial charge in [-0.25, -0.2) is 81.2 Å². The summed E-state index contributed by atoms with van der Waals surface area (Å²) in [6.07, 6.45) is 26.5. The van der Waals surface area contributed by atoms with Crippen molar-refractivity contribution < 1.29 is 61.2 Å². The van der Waals surface area contributed by atoms with E-state index in [0.29, 0.717) is 108 Å². The first-order chi connectivity index (χ1) is 67.1. The van der Waals surface area contributed by atoms with Crippen LogP contribution in [0.4, 0.5) is 79.5 Å². The van der Waals surface area contributed by atoms with Crippen molar-refractivity contribution in [2.24, 2.45) is 11.8 Å². The zero-order valence-electron chi connectivity index (χ0n) is 74.9. The Bertz CT molecular complexity index is 8350. The van der Waals surface area contributed by atoms with Gasteiger partial charge in [-0.15, -0.1) is 0 Å². The van der Waals surface area contributed by atoms with E-state index in [2.05, 4.69) is 77.5 Å². The Morgan fingerprint density at radius 2 is 0.712 bits per heavy atom. The molecule has 11 heterocycles. The van der Waals surface area contributed by atoms with Gasteiger partial charge in [-0.2, -0.15) is 0 Å². The fourth-order valence-electron chi connectivity index (χ4n) is 16.5. The molecule has 23 rings (SSSR count). The van der Waals surface area contributed by atoms with Crippen molar-refractivity contribution in [1.82, 2.24) is 64.8 Å². The Morgan fingerprint density at radius 1 is 0.338 bits per heavy atom. The predicted octanol–water partition coefficient (Wildman–Crippen LogP) is 24.9. The summed E-state index contributed by atoms with van der Waals surface area (Å²) in [5.74, 6) is -1.68. The molecule has 0 unspecified atom stereocenters. The van der Waals surface area contributed by atoms with Crippen LogP contribution in [0.15, 0.2) is 268 Å². The number of aromatic nitrogens is 13. The Morgan fingerprint density at radius 3 is 1.12 bits per heavy atom. The number of rotatable bonds is 21. The Kier molecular flexibility index (Phi) is 25.1. The highest BCUT2D eigenvalue weighted by atomic mass is 19.3. The number of carbonyl (C=O) groups excluding carboxylic acids is 2. The average molecular weight is 1860 g/mol. The molecule has 3 aliphatic carbocycles. The van der Waals surface area contributed by atoms with Crippen LogP contribution < -0.4 is 26.6 Å². The molecule has 20 aromatic rings. The van der Waals surface area contributed by atoms with Crippen molar-refractivity contribution >= 4 is 196 Å². The summed E-state index contributed by atoms with van der Waals surface area (Å²) in [7, 11) is 0. The lowest BCUT2D eigenvalue weighted by Crippen LogP contribution is -2.07. The normalized spacial score (nSPS) is 12.8. The number of halogens is 5. The Balaban J connectivity index is 0.000000111. The molecule has 0 radical (unpaired) electrons. The summed E-state index contributed by atoms with van der Waals surface area (Å²) in [6, 6.07) is 56.4. The van der Waals surface area contributed by atoms with E-state index < -0.39 is 35.5 Å². The number of pyridine rings is 9. The van der Waals surface area contributed by atoms with Crippen LogP contribution in [0.3, 0.4) is 0 Å². The van der Waals surface area contributed by atoms with E-state index in [4.69, 9.17) is 19.9 Å². The van der Waals surface area contributed by atoms with Gasteiger partial charge >= 0.3 is 17.9 Å². The molecule has 0 aliphatic heterocycles. The first-order valence-electron chi connectivity index (χ1n) is 44.7. The summed E-state index contributed by atoms with van der Waals surface area (Å²) in [6.45, 7) is 5.89. The summed E-state index contributed by atoms with van der Waals surface area (Å²) >= 11 is 0. The maximum atomic E-state index is 13.7. The van der Waals surface area contributed by atoms with E-state index in [1.807, 2.05) is 67.8 Å². The molecule has 0 bridgehead atoms. The van der Waals surface area contributed by atoms with Crippen LogP contribution in [-0.2, 0) is 18.8 Å². The quantitative estimate of drug-likeness (QED) is 0.0188. The number of benzene rings is 9. The van der Waals surface area contributed by atoms with Gasteiger partial charge in [0.15, 0.2) is 23.2 Å². The van der Waals surface area contributed by atoms with Crippen molar-refractivity contribution in [3.8, 4) is 0 Å². The van der Waals surface area contributed by atoms with Gasteiger partial charge in [-0.05, 0) is 216 Å². The number of hydrogen-bond donors (Lipinski definition) is 8. The van der Waals surface area contributed by atoms with E-state index in [9.17, 15) is 61.2 Å². The predicted molar refractivity (Wildman–Crippen MR) is 527 cm³/mol. The number of nitrogens with one attached hydrogen (secondary N) is 5. The highest BCUT2D eigenvalue weighted by molar-refractivity contribution is 6.16. The molecule has 3 saturated carbocycles. The number of nitrogens with zero attached hydrogens (tertiary/aromatic N) is 13. The molecule has 8 N–H and O–H groups in total. The maximum absolute atomic E-state index is 13.7. The molecule has 0 amide bonds. The van der Waals surface area contributed by atoms with E-state index in [-0.39, 0.29) is 45.3 Å². The minimum absolute atomic E-state index is 0.0236. The molecule has 3 aliphatic rings. The topological polar surface area (TPSA) is 374 Å². The highest BCUT2D eigenvalue weighted by Crippen LogP contribution is 2.43. The van der Waals surface area contributed by atoms with E-state index >= 15 is 0 Å². The summed E-state index contributed by atoms with van der Waals surface area (Å²) < 4.78 is 68.3. The Labute approximate surface area is 788 Å². The van der Waals surface area contributed by atoms with Crippen molar-refractivity contribution in [2.45, 2.75) is 90.9 Å². The second-order valence-corrected chi connectivity index (χ2v) is 34.6. The van der Waals surface area contributed by atoms with E-state index in [1.165, 1.54) is 106 Å². The van der Waals surface area contributed by atoms with Gasteiger partial charge in [0.1, 0.15) is 57.6 Å². The number of hydrogen-bond acceptors (Lipinski definition) is 23. The summed E-state index contributed by atoms with van der Waals surface area (Å²) in [5, 5.41) is 54.8.